The molecule has 0 aliphatic carbocycles. The van der Waals surface area contributed by atoms with Gasteiger partial charge in [-0.05, 0) is 56.1 Å². The minimum Gasteiger partial charge on any atom is -0.361 e. The van der Waals surface area contributed by atoms with E-state index in [1.165, 1.54) is 67.3 Å². The van der Waals surface area contributed by atoms with Crippen LogP contribution in [0.3, 0.4) is 0 Å². The summed E-state index contributed by atoms with van der Waals surface area (Å²) in [4.78, 5) is 6.11. The standard InChI is InChI=1S/C22H26N2/c1-3-9-18(10-4-1)19(13-16-24-14-7-2-8-15-24)21-17-23-22-12-6-5-11-20(21)22/h1,3-6,9-12,17,19,23H,2,7-8,13-16H2. The molecule has 3 aromatic rings. The van der Waals surface area contributed by atoms with Gasteiger partial charge in [-0.3, -0.25) is 0 Å². The number of hydrogen-bond donors (Lipinski definition) is 1. The third-order valence-corrected chi connectivity index (χ3v) is 5.38. The summed E-state index contributed by atoms with van der Waals surface area (Å²) in [7, 11) is 0. The van der Waals surface area contributed by atoms with E-state index >= 15 is 0 Å². The quantitative estimate of drug-likeness (QED) is 0.687. The normalized spacial score (nSPS) is 17.2. The number of fused-ring (bicyclic) bond motifs is 1. The first-order valence-corrected chi connectivity index (χ1v) is 9.25. The predicted molar refractivity (Wildman–Crippen MR) is 101 cm³/mol. The van der Waals surface area contributed by atoms with Gasteiger partial charge in [-0.15, -0.1) is 0 Å². The Bertz CT molecular complexity index is 769. The highest BCUT2D eigenvalue weighted by Gasteiger charge is 2.19. The van der Waals surface area contributed by atoms with E-state index in [0.29, 0.717) is 5.92 Å². The lowest BCUT2D eigenvalue weighted by Gasteiger charge is -2.28. The first kappa shape index (κ1) is 15.5. The number of nitrogens with one attached hydrogen (secondary N) is 1. The third kappa shape index (κ3) is 3.25. The van der Waals surface area contributed by atoms with Gasteiger partial charge in [-0.2, -0.15) is 0 Å². The van der Waals surface area contributed by atoms with E-state index in [1.54, 1.807) is 0 Å². The second kappa shape index (κ2) is 7.23. The van der Waals surface area contributed by atoms with E-state index in [4.69, 9.17) is 0 Å². The molecule has 2 heteroatoms. The number of hydrogen-bond acceptors (Lipinski definition) is 1. The summed E-state index contributed by atoms with van der Waals surface area (Å²) in [6.07, 6.45) is 7.54. The molecule has 1 N–H and O–H groups in total. The van der Waals surface area contributed by atoms with Crippen molar-refractivity contribution in [1.29, 1.82) is 0 Å². The Morgan fingerprint density at radius 2 is 1.62 bits per heavy atom. The van der Waals surface area contributed by atoms with Crippen LogP contribution in [0.15, 0.2) is 60.8 Å². The van der Waals surface area contributed by atoms with Gasteiger partial charge in [0.05, 0.1) is 0 Å². The fourth-order valence-electron chi connectivity index (χ4n) is 4.06. The van der Waals surface area contributed by atoms with Crippen molar-refractivity contribution >= 4 is 10.9 Å². The molecule has 1 saturated heterocycles. The van der Waals surface area contributed by atoms with E-state index in [9.17, 15) is 0 Å². The maximum Gasteiger partial charge on any atom is 0.0457 e. The van der Waals surface area contributed by atoms with Gasteiger partial charge in [0, 0.05) is 23.0 Å². The third-order valence-electron chi connectivity index (χ3n) is 5.38. The van der Waals surface area contributed by atoms with Gasteiger partial charge in [0.15, 0.2) is 0 Å². The zero-order valence-electron chi connectivity index (χ0n) is 14.2. The molecule has 1 fully saturated rings. The maximum atomic E-state index is 3.46. The van der Waals surface area contributed by atoms with Gasteiger partial charge in [0.25, 0.3) is 0 Å². The zero-order valence-corrected chi connectivity index (χ0v) is 14.2. The van der Waals surface area contributed by atoms with E-state index < -0.39 is 0 Å². The Balaban J connectivity index is 1.63. The van der Waals surface area contributed by atoms with Gasteiger partial charge in [0.1, 0.15) is 0 Å². The average Bonchev–Trinajstić information content (AvgIpc) is 3.08. The molecule has 0 radical (unpaired) electrons. The Labute approximate surface area is 144 Å². The molecule has 1 aliphatic heterocycles. The molecule has 0 bridgehead atoms. The molecular formula is C22H26N2. The molecule has 124 valence electrons. The summed E-state index contributed by atoms with van der Waals surface area (Å²) in [5.41, 5.74) is 4.11. The number of rotatable bonds is 5. The predicted octanol–water partition coefficient (Wildman–Crippen LogP) is 5.18. The van der Waals surface area contributed by atoms with Crippen LogP contribution in [-0.2, 0) is 0 Å². The van der Waals surface area contributed by atoms with Gasteiger partial charge in [0.2, 0.25) is 0 Å². The van der Waals surface area contributed by atoms with E-state index in [1.807, 2.05) is 0 Å². The first-order chi connectivity index (χ1) is 11.9. The average molecular weight is 318 g/mol. The molecule has 0 spiro atoms. The smallest absolute Gasteiger partial charge is 0.0457 e. The van der Waals surface area contributed by atoms with E-state index in [0.717, 1.165) is 0 Å². The lowest BCUT2D eigenvalue weighted by molar-refractivity contribution is 0.223. The number of likely N-dealkylation sites (tertiary alicyclic amines) is 1. The number of nitrogens with zero attached hydrogens (tertiary/aromatic N) is 1. The van der Waals surface area contributed by atoms with Crippen molar-refractivity contribution in [3.05, 3.63) is 71.9 Å². The lowest BCUT2D eigenvalue weighted by atomic mass is 9.88. The number of aromatic amines is 1. The van der Waals surface area contributed by atoms with Crippen LogP contribution >= 0.6 is 0 Å². The van der Waals surface area contributed by atoms with Crippen molar-refractivity contribution in [2.75, 3.05) is 19.6 Å². The molecule has 0 amide bonds. The Morgan fingerprint density at radius 1 is 0.875 bits per heavy atom. The maximum absolute atomic E-state index is 3.46. The number of para-hydroxylation sites is 1. The van der Waals surface area contributed by atoms with Crippen molar-refractivity contribution in [3.63, 3.8) is 0 Å². The van der Waals surface area contributed by atoms with Gasteiger partial charge < -0.3 is 9.88 Å². The number of H-pyrrole nitrogens is 1. The topological polar surface area (TPSA) is 19.0 Å². The molecule has 2 aromatic carbocycles. The molecule has 2 nitrogen and oxygen atoms in total. The number of benzene rings is 2. The zero-order chi connectivity index (χ0) is 16.2. The van der Waals surface area contributed by atoms with Crippen LogP contribution in [0, 0.1) is 0 Å². The monoisotopic (exact) mass is 318 g/mol. The molecule has 1 atom stereocenters. The highest BCUT2D eigenvalue weighted by atomic mass is 15.1. The van der Waals surface area contributed by atoms with Crippen molar-refractivity contribution in [3.8, 4) is 0 Å². The molecule has 4 rings (SSSR count). The highest BCUT2D eigenvalue weighted by molar-refractivity contribution is 5.84. The van der Waals surface area contributed by atoms with Crippen molar-refractivity contribution in [2.24, 2.45) is 0 Å². The van der Waals surface area contributed by atoms with Crippen LogP contribution < -0.4 is 0 Å². The fourth-order valence-corrected chi connectivity index (χ4v) is 4.06. The van der Waals surface area contributed by atoms with E-state index in [-0.39, 0.29) is 0 Å². The second-order valence-electron chi connectivity index (χ2n) is 6.94. The summed E-state index contributed by atoms with van der Waals surface area (Å²) in [6.45, 7) is 3.74. The fraction of sp³-hybridized carbons (Fsp3) is 0.364. The van der Waals surface area contributed by atoms with Gasteiger partial charge in [-0.1, -0.05) is 55.0 Å². The first-order valence-electron chi connectivity index (χ1n) is 9.25. The largest absolute Gasteiger partial charge is 0.361 e. The van der Waals surface area contributed by atoms with Crippen LogP contribution in [0.4, 0.5) is 0 Å². The summed E-state index contributed by atoms with van der Waals surface area (Å²) in [5.74, 6) is 0.462. The van der Waals surface area contributed by atoms with Crippen molar-refractivity contribution < 1.29 is 0 Å². The van der Waals surface area contributed by atoms with Crippen molar-refractivity contribution in [2.45, 2.75) is 31.6 Å². The van der Waals surface area contributed by atoms with Crippen LogP contribution in [0.25, 0.3) is 10.9 Å². The van der Waals surface area contributed by atoms with Gasteiger partial charge in [-0.25, -0.2) is 0 Å². The minimum absolute atomic E-state index is 0.462. The Kier molecular flexibility index (Phi) is 4.66. The summed E-state index contributed by atoms with van der Waals surface area (Å²) in [6, 6.07) is 19.7. The van der Waals surface area contributed by atoms with E-state index in [2.05, 4.69) is 70.7 Å². The summed E-state index contributed by atoms with van der Waals surface area (Å²) >= 11 is 0. The SMILES string of the molecule is c1ccc(C(CCN2CCCCC2)c2c[nH]c3ccccc23)cc1. The Morgan fingerprint density at radius 3 is 2.46 bits per heavy atom. The molecule has 1 aromatic heterocycles. The van der Waals surface area contributed by atoms with Crippen molar-refractivity contribution in [1.82, 2.24) is 9.88 Å². The van der Waals surface area contributed by atoms with Crippen LogP contribution in [0.1, 0.15) is 42.7 Å². The van der Waals surface area contributed by atoms with Crippen LogP contribution in [0.2, 0.25) is 0 Å². The lowest BCUT2D eigenvalue weighted by Crippen LogP contribution is -2.31. The minimum atomic E-state index is 0.462. The molecule has 24 heavy (non-hydrogen) atoms. The summed E-state index contributed by atoms with van der Waals surface area (Å²) < 4.78 is 0. The van der Waals surface area contributed by atoms with Crippen LogP contribution in [0.5, 0.6) is 0 Å². The molecule has 1 unspecified atom stereocenters. The molecule has 2 heterocycles. The van der Waals surface area contributed by atoms with Gasteiger partial charge >= 0.3 is 0 Å². The number of aromatic nitrogens is 1. The molecule has 0 saturated carbocycles. The Hall–Kier alpha value is -2.06. The summed E-state index contributed by atoms with van der Waals surface area (Å²) in [5, 5.41) is 1.37. The number of piperidine rings is 1. The van der Waals surface area contributed by atoms with Crippen LogP contribution in [-0.4, -0.2) is 29.5 Å². The molecular weight excluding hydrogens is 292 g/mol. The molecule has 1 aliphatic rings. The highest BCUT2D eigenvalue weighted by Crippen LogP contribution is 2.33. The second-order valence-corrected chi connectivity index (χ2v) is 6.94.